The van der Waals surface area contributed by atoms with E-state index in [1.165, 1.54) is 46.2 Å². The van der Waals surface area contributed by atoms with E-state index in [4.69, 9.17) is 0 Å². The van der Waals surface area contributed by atoms with Gasteiger partial charge in [-0.15, -0.1) is 11.3 Å². The summed E-state index contributed by atoms with van der Waals surface area (Å²) in [6.45, 7) is 0. The predicted molar refractivity (Wildman–Crippen MR) is 97.0 cm³/mol. The fourth-order valence-electron chi connectivity index (χ4n) is 3.12. The van der Waals surface area contributed by atoms with E-state index in [0.717, 1.165) is 36.3 Å². The molecule has 1 aromatic carbocycles. The Labute approximate surface area is 151 Å². The first kappa shape index (κ1) is 16.4. The molecule has 1 aliphatic rings. The molecule has 4 rings (SSSR count). The van der Waals surface area contributed by atoms with Gasteiger partial charge < -0.3 is 5.32 Å². The zero-order valence-electron chi connectivity index (χ0n) is 13.6. The molecule has 0 saturated carbocycles. The van der Waals surface area contributed by atoms with Gasteiger partial charge in [-0.05, 0) is 31.7 Å². The van der Waals surface area contributed by atoms with E-state index in [1.807, 2.05) is 0 Å². The van der Waals surface area contributed by atoms with Gasteiger partial charge in [-0.3, -0.25) is 24.1 Å². The van der Waals surface area contributed by atoms with Crippen molar-refractivity contribution in [2.24, 2.45) is 0 Å². The largest absolute Gasteiger partial charge is 0.322 e. The Morgan fingerprint density at radius 2 is 2.12 bits per heavy atom. The van der Waals surface area contributed by atoms with Crippen LogP contribution in [0, 0.1) is 10.1 Å². The number of aryl methyl sites for hydroxylation is 2. The fraction of sp³-hybridized carbons (Fsp3) is 0.235. The second kappa shape index (κ2) is 6.34. The lowest BCUT2D eigenvalue weighted by Crippen LogP contribution is -2.27. The molecule has 1 amide bonds. The van der Waals surface area contributed by atoms with Crippen molar-refractivity contribution in [3.8, 4) is 0 Å². The molecular formula is C17H14N4O4S. The van der Waals surface area contributed by atoms with E-state index in [0.29, 0.717) is 4.96 Å². The number of rotatable bonds is 3. The molecule has 0 atom stereocenters. The molecule has 0 radical (unpaired) electrons. The van der Waals surface area contributed by atoms with Crippen LogP contribution in [0.4, 0.5) is 11.4 Å². The van der Waals surface area contributed by atoms with E-state index in [9.17, 15) is 19.7 Å². The Balaban J connectivity index is 1.71. The van der Waals surface area contributed by atoms with E-state index in [-0.39, 0.29) is 16.9 Å². The van der Waals surface area contributed by atoms with E-state index in [1.54, 1.807) is 0 Å². The summed E-state index contributed by atoms with van der Waals surface area (Å²) >= 11 is 1.49. The number of nitro benzene ring substituents is 1. The van der Waals surface area contributed by atoms with Gasteiger partial charge in [-0.1, -0.05) is 6.07 Å². The number of nitrogens with one attached hydrogen (secondary N) is 1. The van der Waals surface area contributed by atoms with Crippen molar-refractivity contribution in [2.45, 2.75) is 25.7 Å². The van der Waals surface area contributed by atoms with Crippen molar-refractivity contribution in [2.75, 3.05) is 5.32 Å². The Kier molecular flexibility index (Phi) is 4.00. The molecular weight excluding hydrogens is 356 g/mol. The fourth-order valence-corrected chi connectivity index (χ4v) is 4.29. The number of carbonyl (C=O) groups is 1. The third-order valence-corrected chi connectivity index (χ3v) is 5.52. The van der Waals surface area contributed by atoms with Gasteiger partial charge in [0.2, 0.25) is 0 Å². The van der Waals surface area contributed by atoms with Crippen molar-refractivity contribution in [1.82, 2.24) is 9.38 Å². The maximum Gasteiger partial charge on any atom is 0.271 e. The van der Waals surface area contributed by atoms with Crippen LogP contribution in [0.3, 0.4) is 0 Å². The number of fused-ring (bicyclic) bond motifs is 3. The van der Waals surface area contributed by atoms with Gasteiger partial charge in [0, 0.05) is 34.6 Å². The standard InChI is InChI=1S/C17H14N4O4S/c22-15(19-10-4-3-5-11(8-10)21(24)25)12-9-18-17-20(16(12)23)13-6-1-2-7-14(13)26-17/h3-5,8-9H,1-2,6-7H2,(H,19,22). The highest BCUT2D eigenvalue weighted by Crippen LogP contribution is 2.28. The summed E-state index contributed by atoms with van der Waals surface area (Å²) in [6.07, 6.45) is 5.10. The SMILES string of the molecule is O=C(Nc1cccc([N+](=O)[O-])c1)c1cnc2sc3c(n2c1=O)CCCC3. The van der Waals surface area contributed by atoms with Crippen LogP contribution in [0.25, 0.3) is 4.96 Å². The van der Waals surface area contributed by atoms with E-state index >= 15 is 0 Å². The van der Waals surface area contributed by atoms with Crippen molar-refractivity contribution in [3.63, 3.8) is 0 Å². The third-order valence-electron chi connectivity index (χ3n) is 4.36. The minimum absolute atomic E-state index is 0.0832. The molecule has 8 nitrogen and oxygen atoms in total. The lowest BCUT2D eigenvalue weighted by molar-refractivity contribution is -0.384. The number of hydrogen-bond donors (Lipinski definition) is 1. The minimum atomic E-state index is -0.631. The minimum Gasteiger partial charge on any atom is -0.322 e. The van der Waals surface area contributed by atoms with Crippen molar-refractivity contribution in [3.05, 3.63) is 67.1 Å². The summed E-state index contributed by atoms with van der Waals surface area (Å²) in [7, 11) is 0. The highest BCUT2D eigenvalue weighted by atomic mass is 32.1. The number of aromatic nitrogens is 2. The maximum atomic E-state index is 12.8. The molecule has 1 aliphatic carbocycles. The van der Waals surface area contributed by atoms with Crippen LogP contribution in [0.1, 0.15) is 33.8 Å². The summed E-state index contributed by atoms with van der Waals surface area (Å²) in [4.78, 5) is 41.7. The third kappa shape index (κ3) is 2.76. The van der Waals surface area contributed by atoms with Crippen LogP contribution < -0.4 is 10.9 Å². The average molecular weight is 370 g/mol. The first-order valence-corrected chi connectivity index (χ1v) is 8.94. The van der Waals surface area contributed by atoms with Crippen LogP contribution in [0.15, 0.2) is 35.3 Å². The smallest absolute Gasteiger partial charge is 0.271 e. The highest BCUT2D eigenvalue weighted by molar-refractivity contribution is 7.17. The van der Waals surface area contributed by atoms with Gasteiger partial charge >= 0.3 is 0 Å². The van der Waals surface area contributed by atoms with Crippen LogP contribution in [0.2, 0.25) is 0 Å². The Morgan fingerprint density at radius 3 is 2.92 bits per heavy atom. The van der Waals surface area contributed by atoms with Gasteiger partial charge in [0.15, 0.2) is 4.96 Å². The molecule has 0 saturated heterocycles. The first-order chi connectivity index (χ1) is 12.5. The molecule has 0 unspecified atom stereocenters. The number of thiazole rings is 1. The Morgan fingerprint density at radius 1 is 1.31 bits per heavy atom. The van der Waals surface area contributed by atoms with Crippen molar-refractivity contribution >= 4 is 33.6 Å². The molecule has 9 heteroatoms. The molecule has 0 spiro atoms. The van der Waals surface area contributed by atoms with Crippen LogP contribution in [-0.2, 0) is 12.8 Å². The number of amides is 1. The number of nitro groups is 1. The van der Waals surface area contributed by atoms with Gasteiger partial charge in [0.25, 0.3) is 17.2 Å². The van der Waals surface area contributed by atoms with Crippen LogP contribution in [0.5, 0.6) is 0 Å². The summed E-state index contributed by atoms with van der Waals surface area (Å²) in [5.41, 5.74) is 0.567. The number of carbonyl (C=O) groups excluding carboxylic acids is 1. The molecule has 1 N–H and O–H groups in total. The highest BCUT2D eigenvalue weighted by Gasteiger charge is 2.21. The first-order valence-electron chi connectivity index (χ1n) is 8.13. The van der Waals surface area contributed by atoms with Crippen molar-refractivity contribution in [1.29, 1.82) is 0 Å². The molecule has 2 heterocycles. The monoisotopic (exact) mass is 370 g/mol. The lowest BCUT2D eigenvalue weighted by atomic mass is 10.0. The van der Waals surface area contributed by atoms with E-state index < -0.39 is 16.4 Å². The zero-order chi connectivity index (χ0) is 18.3. The molecule has 0 bridgehead atoms. The molecule has 2 aromatic heterocycles. The summed E-state index contributed by atoms with van der Waals surface area (Å²) in [5.74, 6) is -0.631. The topological polar surface area (TPSA) is 107 Å². The second-order valence-corrected chi connectivity index (χ2v) is 7.10. The normalized spacial score (nSPS) is 13.4. The Hall–Kier alpha value is -3.07. The molecule has 3 aromatic rings. The maximum absolute atomic E-state index is 12.8. The van der Waals surface area contributed by atoms with Crippen molar-refractivity contribution < 1.29 is 9.72 Å². The van der Waals surface area contributed by atoms with Gasteiger partial charge in [-0.2, -0.15) is 0 Å². The summed E-state index contributed by atoms with van der Waals surface area (Å²) in [5, 5.41) is 13.4. The van der Waals surface area contributed by atoms with Crippen LogP contribution >= 0.6 is 11.3 Å². The zero-order valence-corrected chi connectivity index (χ0v) is 14.4. The Bertz CT molecular complexity index is 1100. The van der Waals surface area contributed by atoms with Crippen LogP contribution in [-0.4, -0.2) is 20.2 Å². The summed E-state index contributed by atoms with van der Waals surface area (Å²) in [6, 6.07) is 5.57. The van der Waals surface area contributed by atoms with E-state index in [2.05, 4.69) is 10.3 Å². The molecule has 132 valence electrons. The van der Waals surface area contributed by atoms with Gasteiger partial charge in [-0.25, -0.2) is 4.98 Å². The number of hydrogen-bond acceptors (Lipinski definition) is 6. The molecule has 0 aliphatic heterocycles. The lowest BCUT2D eigenvalue weighted by Gasteiger charge is -2.10. The molecule has 0 fully saturated rings. The number of non-ortho nitro benzene ring substituents is 1. The molecule has 26 heavy (non-hydrogen) atoms. The average Bonchev–Trinajstić information content (AvgIpc) is 3.01. The predicted octanol–water partition coefficient (Wildman–Crippen LogP) is 2.80. The van der Waals surface area contributed by atoms with Gasteiger partial charge in [0.05, 0.1) is 4.92 Å². The summed E-state index contributed by atoms with van der Waals surface area (Å²) < 4.78 is 1.53. The number of nitrogens with zero attached hydrogens (tertiary/aromatic N) is 3. The van der Waals surface area contributed by atoms with Gasteiger partial charge in [0.1, 0.15) is 5.56 Å². The second-order valence-electron chi connectivity index (χ2n) is 6.04. The quantitative estimate of drug-likeness (QED) is 0.563. The number of anilines is 1. The number of benzene rings is 1.